The van der Waals surface area contributed by atoms with Crippen LogP contribution in [-0.2, 0) is 0 Å². The first-order valence-electron chi connectivity index (χ1n) is 4.13. The second-order valence-electron chi connectivity index (χ2n) is 3.20. The van der Waals surface area contributed by atoms with E-state index in [2.05, 4.69) is 0 Å². The molecule has 0 atom stereocenters. The van der Waals surface area contributed by atoms with Crippen LogP contribution in [0, 0.1) is 12.7 Å². The third-order valence-electron chi connectivity index (χ3n) is 1.55. The standard InChI is InChI=1S/C10H12ClFO/c1-6(2)13-9-5-8(11)4-7(3)10(9)12/h4-6H,1-3H3. The van der Waals surface area contributed by atoms with Crippen LogP contribution in [0.1, 0.15) is 19.4 Å². The van der Waals surface area contributed by atoms with E-state index in [1.165, 1.54) is 6.07 Å². The Morgan fingerprint density at radius 3 is 2.54 bits per heavy atom. The molecule has 0 saturated carbocycles. The van der Waals surface area contributed by atoms with E-state index in [1.807, 2.05) is 13.8 Å². The Kier molecular flexibility index (Phi) is 3.15. The number of benzene rings is 1. The minimum Gasteiger partial charge on any atom is -0.488 e. The van der Waals surface area contributed by atoms with Gasteiger partial charge in [0.2, 0.25) is 0 Å². The predicted molar refractivity (Wildman–Crippen MR) is 51.9 cm³/mol. The monoisotopic (exact) mass is 202 g/mol. The Morgan fingerprint density at radius 2 is 2.00 bits per heavy atom. The van der Waals surface area contributed by atoms with Crippen LogP contribution in [0.5, 0.6) is 5.75 Å². The Labute approximate surface area is 82.5 Å². The van der Waals surface area contributed by atoms with E-state index in [-0.39, 0.29) is 17.7 Å². The van der Waals surface area contributed by atoms with Gasteiger partial charge in [-0.1, -0.05) is 11.6 Å². The van der Waals surface area contributed by atoms with Crippen molar-refractivity contribution in [2.75, 3.05) is 0 Å². The van der Waals surface area contributed by atoms with E-state index in [0.29, 0.717) is 10.6 Å². The summed E-state index contributed by atoms with van der Waals surface area (Å²) in [4.78, 5) is 0. The summed E-state index contributed by atoms with van der Waals surface area (Å²) in [6.45, 7) is 5.35. The third kappa shape index (κ3) is 2.59. The molecule has 0 fully saturated rings. The number of hydrogen-bond acceptors (Lipinski definition) is 1. The molecule has 1 rings (SSSR count). The zero-order valence-corrected chi connectivity index (χ0v) is 8.65. The molecule has 1 aromatic carbocycles. The Bertz CT molecular complexity index is 310. The van der Waals surface area contributed by atoms with Crippen molar-refractivity contribution in [3.8, 4) is 5.75 Å². The summed E-state index contributed by atoms with van der Waals surface area (Å²) in [5.74, 6) is -0.113. The molecule has 0 unspecified atom stereocenters. The molecule has 0 heterocycles. The fraction of sp³-hybridized carbons (Fsp3) is 0.400. The van der Waals surface area contributed by atoms with Gasteiger partial charge in [-0.2, -0.15) is 0 Å². The number of hydrogen-bond donors (Lipinski definition) is 0. The topological polar surface area (TPSA) is 9.23 Å². The maximum absolute atomic E-state index is 13.4. The Hall–Kier alpha value is -0.760. The molecule has 13 heavy (non-hydrogen) atoms. The fourth-order valence-electron chi connectivity index (χ4n) is 1.03. The number of aryl methyl sites for hydroxylation is 1. The van der Waals surface area contributed by atoms with Gasteiger partial charge in [-0.3, -0.25) is 0 Å². The second kappa shape index (κ2) is 3.97. The molecule has 0 radical (unpaired) electrons. The molecule has 3 heteroatoms. The molecule has 0 bridgehead atoms. The van der Waals surface area contributed by atoms with Crippen molar-refractivity contribution in [1.82, 2.24) is 0 Å². The molecule has 72 valence electrons. The number of rotatable bonds is 2. The molecule has 0 saturated heterocycles. The van der Waals surface area contributed by atoms with Crippen molar-refractivity contribution in [3.63, 3.8) is 0 Å². The molecule has 0 aliphatic rings. The van der Waals surface area contributed by atoms with Gasteiger partial charge in [-0.05, 0) is 32.4 Å². The van der Waals surface area contributed by atoms with E-state index in [9.17, 15) is 4.39 Å². The fourth-order valence-corrected chi connectivity index (χ4v) is 1.30. The van der Waals surface area contributed by atoms with Gasteiger partial charge in [-0.25, -0.2) is 4.39 Å². The quantitative estimate of drug-likeness (QED) is 0.713. The SMILES string of the molecule is Cc1cc(Cl)cc(OC(C)C)c1F. The number of ether oxygens (including phenoxy) is 1. The van der Waals surface area contributed by atoms with Crippen LogP contribution in [0.15, 0.2) is 12.1 Å². The van der Waals surface area contributed by atoms with Gasteiger partial charge in [0.1, 0.15) is 0 Å². The molecule has 0 aliphatic carbocycles. The Balaban J connectivity index is 3.05. The zero-order valence-electron chi connectivity index (χ0n) is 7.90. The average Bonchev–Trinajstić information content (AvgIpc) is 1.98. The van der Waals surface area contributed by atoms with Crippen LogP contribution in [0.2, 0.25) is 5.02 Å². The van der Waals surface area contributed by atoms with Crippen LogP contribution < -0.4 is 4.74 Å². The maximum Gasteiger partial charge on any atom is 0.168 e. The molecule has 0 aliphatic heterocycles. The summed E-state index contributed by atoms with van der Waals surface area (Å²) in [5, 5.41) is 0.495. The van der Waals surface area contributed by atoms with Gasteiger partial charge in [0, 0.05) is 11.1 Å². The molecule has 1 nitrogen and oxygen atoms in total. The summed E-state index contributed by atoms with van der Waals surface area (Å²) in [7, 11) is 0. The average molecular weight is 203 g/mol. The van der Waals surface area contributed by atoms with Gasteiger partial charge < -0.3 is 4.74 Å². The lowest BCUT2D eigenvalue weighted by Gasteiger charge is -2.11. The van der Waals surface area contributed by atoms with Crippen LogP contribution >= 0.6 is 11.6 Å². The van der Waals surface area contributed by atoms with Crippen LogP contribution in [-0.4, -0.2) is 6.10 Å². The third-order valence-corrected chi connectivity index (χ3v) is 1.77. The first-order chi connectivity index (χ1) is 6.00. The highest BCUT2D eigenvalue weighted by atomic mass is 35.5. The molecular weight excluding hydrogens is 191 g/mol. The normalized spacial score (nSPS) is 10.6. The lowest BCUT2D eigenvalue weighted by molar-refractivity contribution is 0.231. The molecule has 1 aromatic rings. The molecule has 0 spiro atoms. The van der Waals surface area contributed by atoms with Crippen LogP contribution in [0.3, 0.4) is 0 Å². The van der Waals surface area contributed by atoms with E-state index in [1.54, 1.807) is 13.0 Å². The zero-order chi connectivity index (χ0) is 10.0. The van der Waals surface area contributed by atoms with Crippen molar-refractivity contribution >= 4 is 11.6 Å². The maximum atomic E-state index is 13.4. The summed E-state index contributed by atoms with van der Waals surface area (Å²) in [6.07, 6.45) is -0.0487. The smallest absolute Gasteiger partial charge is 0.168 e. The first kappa shape index (κ1) is 10.3. The Morgan fingerprint density at radius 1 is 1.38 bits per heavy atom. The van der Waals surface area contributed by atoms with E-state index in [0.717, 1.165) is 0 Å². The largest absolute Gasteiger partial charge is 0.488 e. The van der Waals surface area contributed by atoms with Crippen molar-refractivity contribution in [2.45, 2.75) is 26.9 Å². The van der Waals surface area contributed by atoms with Gasteiger partial charge in [0.25, 0.3) is 0 Å². The predicted octanol–water partition coefficient (Wildman–Crippen LogP) is 3.57. The first-order valence-corrected chi connectivity index (χ1v) is 4.51. The van der Waals surface area contributed by atoms with Crippen molar-refractivity contribution < 1.29 is 9.13 Å². The summed E-state index contributed by atoms with van der Waals surface area (Å²) in [6, 6.07) is 3.06. The molecule has 0 N–H and O–H groups in total. The van der Waals surface area contributed by atoms with Crippen molar-refractivity contribution in [1.29, 1.82) is 0 Å². The highest BCUT2D eigenvalue weighted by Crippen LogP contribution is 2.26. The molecular formula is C10H12ClFO. The van der Waals surface area contributed by atoms with Gasteiger partial charge >= 0.3 is 0 Å². The van der Waals surface area contributed by atoms with Crippen LogP contribution in [0.25, 0.3) is 0 Å². The van der Waals surface area contributed by atoms with E-state index >= 15 is 0 Å². The summed E-state index contributed by atoms with van der Waals surface area (Å²) in [5.41, 5.74) is 0.503. The lowest BCUT2D eigenvalue weighted by Crippen LogP contribution is -2.07. The van der Waals surface area contributed by atoms with Gasteiger partial charge in [0.15, 0.2) is 11.6 Å². The highest BCUT2D eigenvalue weighted by Gasteiger charge is 2.09. The lowest BCUT2D eigenvalue weighted by atomic mass is 10.2. The van der Waals surface area contributed by atoms with Crippen molar-refractivity contribution in [3.05, 3.63) is 28.5 Å². The summed E-state index contributed by atoms with van der Waals surface area (Å²) >= 11 is 5.76. The number of halogens is 2. The molecule has 0 aromatic heterocycles. The summed E-state index contributed by atoms with van der Waals surface area (Å²) < 4.78 is 18.6. The van der Waals surface area contributed by atoms with Gasteiger partial charge in [-0.15, -0.1) is 0 Å². The van der Waals surface area contributed by atoms with E-state index < -0.39 is 0 Å². The minimum absolute atomic E-state index is 0.0487. The minimum atomic E-state index is -0.335. The van der Waals surface area contributed by atoms with E-state index in [4.69, 9.17) is 16.3 Å². The highest BCUT2D eigenvalue weighted by molar-refractivity contribution is 6.30. The van der Waals surface area contributed by atoms with Gasteiger partial charge in [0.05, 0.1) is 6.10 Å². The molecule has 0 amide bonds. The van der Waals surface area contributed by atoms with Crippen LogP contribution in [0.4, 0.5) is 4.39 Å². The van der Waals surface area contributed by atoms with Crippen molar-refractivity contribution in [2.24, 2.45) is 0 Å². The second-order valence-corrected chi connectivity index (χ2v) is 3.64.